The predicted octanol–water partition coefficient (Wildman–Crippen LogP) is 1.07. The molecule has 3 heterocycles. The second kappa shape index (κ2) is 5.71. The van der Waals surface area contributed by atoms with Crippen LogP contribution >= 0.6 is 0 Å². The highest BCUT2D eigenvalue weighted by atomic mass is 16.5. The number of anilines is 1. The highest BCUT2D eigenvalue weighted by Gasteiger charge is 2.35. The molecule has 1 atom stereocenters. The highest BCUT2D eigenvalue weighted by molar-refractivity contribution is 5.89. The Hall–Kier alpha value is -2.11. The molecule has 2 aliphatic rings. The van der Waals surface area contributed by atoms with Gasteiger partial charge in [-0.1, -0.05) is 0 Å². The molecule has 3 rings (SSSR count). The van der Waals surface area contributed by atoms with E-state index in [-0.39, 0.29) is 11.9 Å². The number of pyridine rings is 1. The highest BCUT2D eigenvalue weighted by Crippen LogP contribution is 2.25. The smallest absolute Gasteiger partial charge is 0.339 e. The molecule has 0 saturated carbocycles. The Balaban J connectivity index is 1.68. The number of aromatic nitrogens is 1. The largest absolute Gasteiger partial charge is 0.462 e. The molecule has 0 radical (unpaired) electrons. The first-order valence-electron chi connectivity index (χ1n) is 7.36. The molecule has 112 valence electrons. The van der Waals surface area contributed by atoms with E-state index in [2.05, 4.69) is 9.88 Å². The summed E-state index contributed by atoms with van der Waals surface area (Å²) in [5, 5.41) is 0. The molecule has 1 aromatic heterocycles. The predicted molar refractivity (Wildman–Crippen MR) is 77.1 cm³/mol. The van der Waals surface area contributed by atoms with Crippen LogP contribution in [-0.2, 0) is 9.53 Å². The molecular formula is C15H19N3O3. The van der Waals surface area contributed by atoms with Crippen LogP contribution in [0.1, 0.15) is 30.1 Å². The van der Waals surface area contributed by atoms with Crippen molar-refractivity contribution in [1.82, 2.24) is 9.88 Å². The first kappa shape index (κ1) is 13.9. The van der Waals surface area contributed by atoms with Crippen LogP contribution < -0.4 is 4.90 Å². The molecular weight excluding hydrogens is 270 g/mol. The van der Waals surface area contributed by atoms with Crippen molar-refractivity contribution in [1.29, 1.82) is 0 Å². The summed E-state index contributed by atoms with van der Waals surface area (Å²) in [6.07, 6.45) is 3.14. The Labute approximate surface area is 123 Å². The third kappa shape index (κ3) is 2.70. The minimum atomic E-state index is -0.345. The lowest BCUT2D eigenvalue weighted by Crippen LogP contribution is -2.51. The summed E-state index contributed by atoms with van der Waals surface area (Å²) in [7, 11) is 0. The van der Waals surface area contributed by atoms with Gasteiger partial charge in [-0.05, 0) is 25.5 Å². The average molecular weight is 289 g/mol. The maximum atomic E-state index is 11.7. The zero-order valence-corrected chi connectivity index (χ0v) is 12.1. The van der Waals surface area contributed by atoms with Gasteiger partial charge < -0.3 is 14.5 Å². The van der Waals surface area contributed by atoms with Crippen LogP contribution in [0, 0.1) is 0 Å². The number of amides is 1. The van der Waals surface area contributed by atoms with E-state index in [4.69, 9.17) is 4.74 Å². The van der Waals surface area contributed by atoms with E-state index < -0.39 is 0 Å². The van der Waals surface area contributed by atoms with Crippen molar-refractivity contribution in [3.05, 3.63) is 23.9 Å². The lowest BCUT2D eigenvalue weighted by Gasteiger charge is -2.38. The number of ether oxygens (including phenoxy) is 1. The van der Waals surface area contributed by atoms with Crippen LogP contribution in [0.3, 0.4) is 0 Å². The van der Waals surface area contributed by atoms with Gasteiger partial charge in [0.05, 0.1) is 12.2 Å². The molecule has 1 amide bonds. The molecule has 0 bridgehead atoms. The van der Waals surface area contributed by atoms with Gasteiger partial charge in [-0.25, -0.2) is 9.78 Å². The van der Waals surface area contributed by atoms with E-state index in [1.165, 1.54) is 0 Å². The SMILES string of the molecule is CCOC(=O)c1ccc(N2CCN3C(=O)CCC3C2)nc1. The maximum absolute atomic E-state index is 11.7. The number of carbonyl (C=O) groups is 2. The van der Waals surface area contributed by atoms with Gasteiger partial charge in [-0.2, -0.15) is 0 Å². The summed E-state index contributed by atoms with van der Waals surface area (Å²) >= 11 is 0. The van der Waals surface area contributed by atoms with Gasteiger partial charge in [0.2, 0.25) is 5.91 Å². The summed E-state index contributed by atoms with van der Waals surface area (Å²) < 4.78 is 4.95. The molecule has 6 heteroatoms. The average Bonchev–Trinajstić information content (AvgIpc) is 2.88. The summed E-state index contributed by atoms with van der Waals surface area (Å²) in [5.74, 6) is 0.773. The van der Waals surface area contributed by atoms with Gasteiger partial charge in [-0.15, -0.1) is 0 Å². The van der Waals surface area contributed by atoms with Crippen molar-refractivity contribution >= 4 is 17.7 Å². The third-order valence-corrected chi connectivity index (χ3v) is 4.08. The monoisotopic (exact) mass is 289 g/mol. The summed E-state index contributed by atoms with van der Waals surface area (Å²) in [6.45, 7) is 4.50. The molecule has 2 aliphatic heterocycles. The van der Waals surface area contributed by atoms with E-state index in [0.717, 1.165) is 31.9 Å². The molecule has 6 nitrogen and oxygen atoms in total. The van der Waals surface area contributed by atoms with Crippen LogP contribution in [0.25, 0.3) is 0 Å². The molecule has 0 N–H and O–H groups in total. The fourth-order valence-electron chi connectivity index (χ4n) is 2.98. The lowest BCUT2D eigenvalue weighted by molar-refractivity contribution is -0.129. The molecule has 0 spiro atoms. The van der Waals surface area contributed by atoms with Crippen LogP contribution in [0.5, 0.6) is 0 Å². The number of hydrogen-bond acceptors (Lipinski definition) is 5. The van der Waals surface area contributed by atoms with Crippen molar-refractivity contribution in [3.63, 3.8) is 0 Å². The van der Waals surface area contributed by atoms with Gasteiger partial charge in [0.1, 0.15) is 5.82 Å². The number of hydrogen-bond donors (Lipinski definition) is 0. The molecule has 0 aromatic carbocycles. The van der Waals surface area contributed by atoms with E-state index in [1.807, 2.05) is 11.0 Å². The van der Waals surface area contributed by atoms with Gasteiger partial charge >= 0.3 is 5.97 Å². The second-order valence-electron chi connectivity index (χ2n) is 5.35. The Bertz CT molecular complexity index is 544. The van der Waals surface area contributed by atoms with Crippen molar-refractivity contribution < 1.29 is 14.3 Å². The topological polar surface area (TPSA) is 62.7 Å². The van der Waals surface area contributed by atoms with Crippen molar-refractivity contribution in [2.24, 2.45) is 0 Å². The Morgan fingerprint density at radius 3 is 3.00 bits per heavy atom. The van der Waals surface area contributed by atoms with Crippen LogP contribution in [0.4, 0.5) is 5.82 Å². The first-order chi connectivity index (χ1) is 10.2. The molecule has 1 aromatic rings. The van der Waals surface area contributed by atoms with Crippen molar-refractivity contribution in [2.75, 3.05) is 31.1 Å². The zero-order valence-electron chi connectivity index (χ0n) is 12.1. The Morgan fingerprint density at radius 2 is 2.29 bits per heavy atom. The standard InChI is InChI=1S/C15H19N3O3/c1-2-21-15(20)11-3-5-13(16-9-11)17-7-8-18-12(10-17)4-6-14(18)19/h3,5,9,12H,2,4,6-8,10H2,1H3. The van der Waals surface area contributed by atoms with Gasteiger partial charge in [-0.3, -0.25) is 4.79 Å². The summed E-state index contributed by atoms with van der Waals surface area (Å²) in [6, 6.07) is 3.89. The van der Waals surface area contributed by atoms with Crippen LogP contribution in [0.15, 0.2) is 18.3 Å². The Kier molecular flexibility index (Phi) is 3.77. The van der Waals surface area contributed by atoms with Gasteiger partial charge in [0.15, 0.2) is 0 Å². The van der Waals surface area contributed by atoms with Crippen LogP contribution in [0.2, 0.25) is 0 Å². The summed E-state index contributed by atoms with van der Waals surface area (Å²) in [4.78, 5) is 31.8. The number of carbonyl (C=O) groups excluding carboxylic acids is 2. The molecule has 21 heavy (non-hydrogen) atoms. The lowest BCUT2D eigenvalue weighted by atomic mass is 10.1. The molecule has 2 saturated heterocycles. The number of esters is 1. The number of rotatable bonds is 3. The first-order valence-corrected chi connectivity index (χ1v) is 7.36. The number of fused-ring (bicyclic) bond motifs is 1. The Morgan fingerprint density at radius 1 is 1.43 bits per heavy atom. The molecule has 1 unspecified atom stereocenters. The second-order valence-corrected chi connectivity index (χ2v) is 5.35. The van der Waals surface area contributed by atoms with Gasteiger partial charge in [0.25, 0.3) is 0 Å². The number of piperazine rings is 1. The quantitative estimate of drug-likeness (QED) is 0.779. The zero-order chi connectivity index (χ0) is 14.8. The molecule has 0 aliphatic carbocycles. The van der Waals surface area contributed by atoms with E-state index in [1.54, 1.807) is 19.2 Å². The minimum Gasteiger partial charge on any atom is -0.462 e. The van der Waals surface area contributed by atoms with E-state index in [9.17, 15) is 9.59 Å². The summed E-state index contributed by atoms with van der Waals surface area (Å²) in [5.41, 5.74) is 0.468. The van der Waals surface area contributed by atoms with Crippen molar-refractivity contribution in [3.8, 4) is 0 Å². The van der Waals surface area contributed by atoms with Crippen molar-refractivity contribution in [2.45, 2.75) is 25.8 Å². The van der Waals surface area contributed by atoms with E-state index >= 15 is 0 Å². The fraction of sp³-hybridized carbons (Fsp3) is 0.533. The normalized spacial score (nSPS) is 21.4. The fourth-order valence-corrected chi connectivity index (χ4v) is 2.98. The van der Waals surface area contributed by atoms with Crippen LogP contribution in [-0.4, -0.2) is 54.0 Å². The van der Waals surface area contributed by atoms with Gasteiger partial charge in [0, 0.05) is 38.3 Å². The minimum absolute atomic E-state index is 0.269. The molecule has 2 fully saturated rings. The number of nitrogens with zero attached hydrogens (tertiary/aromatic N) is 3. The third-order valence-electron chi connectivity index (χ3n) is 4.08. The maximum Gasteiger partial charge on any atom is 0.339 e. The van der Waals surface area contributed by atoms with E-state index in [0.29, 0.717) is 24.6 Å².